The number of carbonyl (C=O) groups excluding carboxylic acids is 2. The van der Waals surface area contributed by atoms with Gasteiger partial charge >= 0.3 is 6.09 Å². The molecule has 0 radical (unpaired) electrons. The third kappa shape index (κ3) is 6.12. The predicted octanol–water partition coefficient (Wildman–Crippen LogP) is 2.72. The minimum absolute atomic E-state index is 0.0103. The first kappa shape index (κ1) is 18.1. The maximum absolute atomic E-state index is 12.1. The summed E-state index contributed by atoms with van der Waals surface area (Å²) < 4.78 is 5.41. The standard InChI is InChI=1S/C15H27ClN2O3/c1-5-17(13(19)9-16)10-12-7-6-8-18(11-12)14(20)21-15(2,3)4/h12H,5-11H2,1-4H3. The number of likely N-dealkylation sites (tertiary alicyclic amines) is 1. The first-order valence-electron chi connectivity index (χ1n) is 7.58. The van der Waals surface area contributed by atoms with Crippen molar-refractivity contribution < 1.29 is 14.3 Å². The third-order valence-electron chi connectivity index (χ3n) is 3.50. The Morgan fingerprint density at radius 2 is 2.05 bits per heavy atom. The molecule has 1 saturated heterocycles. The first-order chi connectivity index (χ1) is 9.76. The average Bonchev–Trinajstić information content (AvgIpc) is 2.42. The number of amides is 2. The van der Waals surface area contributed by atoms with Crippen LogP contribution in [0.15, 0.2) is 0 Å². The average molecular weight is 319 g/mol. The Morgan fingerprint density at radius 1 is 1.38 bits per heavy atom. The number of piperidine rings is 1. The molecule has 0 aromatic carbocycles. The van der Waals surface area contributed by atoms with Gasteiger partial charge in [-0.15, -0.1) is 11.6 Å². The van der Waals surface area contributed by atoms with Gasteiger partial charge in [-0.25, -0.2) is 4.79 Å². The Kier molecular flexibility index (Phi) is 6.78. The number of rotatable bonds is 4. The van der Waals surface area contributed by atoms with E-state index >= 15 is 0 Å². The summed E-state index contributed by atoms with van der Waals surface area (Å²) in [5.41, 5.74) is -0.478. The fourth-order valence-electron chi connectivity index (χ4n) is 2.51. The summed E-state index contributed by atoms with van der Waals surface area (Å²) in [5.74, 6) is 0.253. The van der Waals surface area contributed by atoms with Gasteiger partial charge in [-0.05, 0) is 46.5 Å². The minimum atomic E-state index is -0.478. The van der Waals surface area contributed by atoms with E-state index in [9.17, 15) is 9.59 Å². The lowest BCUT2D eigenvalue weighted by Crippen LogP contribution is -2.46. The molecule has 5 nitrogen and oxygen atoms in total. The second-order valence-electron chi connectivity index (χ2n) is 6.50. The lowest BCUT2D eigenvalue weighted by molar-refractivity contribution is -0.129. The highest BCUT2D eigenvalue weighted by Crippen LogP contribution is 2.20. The molecular weight excluding hydrogens is 292 g/mol. The molecule has 0 N–H and O–H groups in total. The number of hydrogen-bond acceptors (Lipinski definition) is 3. The van der Waals surface area contributed by atoms with E-state index in [0.717, 1.165) is 19.4 Å². The highest BCUT2D eigenvalue weighted by atomic mass is 35.5. The van der Waals surface area contributed by atoms with Gasteiger partial charge in [0.25, 0.3) is 0 Å². The van der Waals surface area contributed by atoms with Crippen LogP contribution in [0.25, 0.3) is 0 Å². The molecule has 2 amide bonds. The van der Waals surface area contributed by atoms with Crippen molar-refractivity contribution in [3.63, 3.8) is 0 Å². The molecule has 1 aliphatic rings. The van der Waals surface area contributed by atoms with E-state index < -0.39 is 5.60 Å². The summed E-state index contributed by atoms with van der Waals surface area (Å²) >= 11 is 5.62. The normalized spacial score (nSPS) is 19.3. The summed E-state index contributed by atoms with van der Waals surface area (Å²) in [5, 5.41) is 0. The molecule has 0 bridgehead atoms. The summed E-state index contributed by atoms with van der Waals surface area (Å²) in [6.07, 6.45) is 1.70. The Balaban J connectivity index is 2.55. The summed E-state index contributed by atoms with van der Waals surface area (Å²) in [4.78, 5) is 27.3. The van der Waals surface area contributed by atoms with Crippen LogP contribution < -0.4 is 0 Å². The van der Waals surface area contributed by atoms with Gasteiger partial charge < -0.3 is 14.5 Å². The molecule has 0 aromatic rings. The Bertz CT molecular complexity index is 368. The maximum atomic E-state index is 12.1. The lowest BCUT2D eigenvalue weighted by atomic mass is 9.97. The number of carbonyl (C=O) groups is 2. The molecule has 0 saturated carbocycles. The van der Waals surface area contributed by atoms with Crippen LogP contribution in [-0.2, 0) is 9.53 Å². The molecule has 1 aliphatic heterocycles. The SMILES string of the molecule is CCN(CC1CCCN(C(=O)OC(C)(C)C)C1)C(=O)CCl. The smallest absolute Gasteiger partial charge is 0.410 e. The molecule has 0 aromatic heterocycles. The molecule has 1 heterocycles. The molecule has 1 atom stereocenters. The fourth-order valence-corrected chi connectivity index (χ4v) is 2.68. The van der Waals surface area contributed by atoms with E-state index in [0.29, 0.717) is 25.6 Å². The van der Waals surface area contributed by atoms with Crippen LogP contribution >= 0.6 is 11.6 Å². The minimum Gasteiger partial charge on any atom is -0.444 e. The topological polar surface area (TPSA) is 49.9 Å². The predicted molar refractivity (Wildman–Crippen MR) is 83.5 cm³/mol. The molecule has 21 heavy (non-hydrogen) atoms. The number of hydrogen-bond donors (Lipinski definition) is 0. The van der Waals surface area contributed by atoms with Gasteiger partial charge in [-0.3, -0.25) is 4.79 Å². The van der Waals surface area contributed by atoms with E-state index in [-0.39, 0.29) is 17.9 Å². The van der Waals surface area contributed by atoms with Crippen LogP contribution in [0.3, 0.4) is 0 Å². The zero-order chi connectivity index (χ0) is 16.0. The quantitative estimate of drug-likeness (QED) is 0.749. The largest absolute Gasteiger partial charge is 0.444 e. The lowest BCUT2D eigenvalue weighted by Gasteiger charge is -2.36. The molecule has 1 unspecified atom stereocenters. The van der Waals surface area contributed by atoms with Crippen LogP contribution in [0, 0.1) is 5.92 Å². The van der Waals surface area contributed by atoms with E-state index in [1.165, 1.54) is 0 Å². The second-order valence-corrected chi connectivity index (χ2v) is 6.77. The highest BCUT2D eigenvalue weighted by molar-refractivity contribution is 6.27. The van der Waals surface area contributed by atoms with Gasteiger partial charge in [0, 0.05) is 26.2 Å². The molecule has 1 rings (SSSR count). The van der Waals surface area contributed by atoms with Crippen molar-refractivity contribution in [1.82, 2.24) is 9.80 Å². The van der Waals surface area contributed by atoms with E-state index in [4.69, 9.17) is 16.3 Å². The van der Waals surface area contributed by atoms with E-state index in [1.807, 2.05) is 27.7 Å². The van der Waals surface area contributed by atoms with Crippen molar-refractivity contribution in [2.75, 3.05) is 32.1 Å². The van der Waals surface area contributed by atoms with Crippen LogP contribution in [0.1, 0.15) is 40.5 Å². The summed E-state index contributed by atoms with van der Waals surface area (Å²) in [6.45, 7) is 10.2. The molecule has 6 heteroatoms. The van der Waals surface area contributed by atoms with Gasteiger partial charge in [0.05, 0.1) is 0 Å². The maximum Gasteiger partial charge on any atom is 0.410 e. The Hall–Kier alpha value is -0.970. The number of ether oxygens (including phenoxy) is 1. The highest BCUT2D eigenvalue weighted by Gasteiger charge is 2.29. The number of nitrogens with zero attached hydrogens (tertiary/aromatic N) is 2. The van der Waals surface area contributed by atoms with Gasteiger partial charge in [0.1, 0.15) is 11.5 Å². The zero-order valence-electron chi connectivity index (χ0n) is 13.5. The van der Waals surface area contributed by atoms with Gasteiger partial charge in [0.2, 0.25) is 5.91 Å². The van der Waals surface area contributed by atoms with Gasteiger partial charge in [-0.2, -0.15) is 0 Å². The first-order valence-corrected chi connectivity index (χ1v) is 8.12. The van der Waals surface area contributed by atoms with E-state index in [1.54, 1.807) is 9.80 Å². The van der Waals surface area contributed by atoms with Crippen molar-refractivity contribution in [2.45, 2.75) is 46.1 Å². The third-order valence-corrected chi connectivity index (χ3v) is 3.73. The van der Waals surface area contributed by atoms with E-state index in [2.05, 4.69) is 0 Å². The molecule has 0 aliphatic carbocycles. The monoisotopic (exact) mass is 318 g/mol. The second kappa shape index (κ2) is 7.87. The molecule has 122 valence electrons. The number of halogens is 1. The van der Waals surface area contributed by atoms with Crippen molar-refractivity contribution in [3.05, 3.63) is 0 Å². The zero-order valence-corrected chi connectivity index (χ0v) is 14.3. The fraction of sp³-hybridized carbons (Fsp3) is 0.867. The molecular formula is C15H27ClN2O3. The van der Waals surface area contributed by atoms with Gasteiger partial charge in [-0.1, -0.05) is 0 Å². The number of alkyl halides is 1. The van der Waals surface area contributed by atoms with Crippen LogP contribution in [0.5, 0.6) is 0 Å². The van der Waals surface area contributed by atoms with Crippen molar-refractivity contribution in [3.8, 4) is 0 Å². The Morgan fingerprint density at radius 3 is 2.57 bits per heavy atom. The van der Waals surface area contributed by atoms with Crippen molar-refractivity contribution >= 4 is 23.6 Å². The van der Waals surface area contributed by atoms with Crippen LogP contribution in [0.2, 0.25) is 0 Å². The summed E-state index contributed by atoms with van der Waals surface area (Å²) in [6, 6.07) is 0. The summed E-state index contributed by atoms with van der Waals surface area (Å²) in [7, 11) is 0. The Labute approximate surface area is 132 Å². The van der Waals surface area contributed by atoms with Crippen molar-refractivity contribution in [1.29, 1.82) is 0 Å². The van der Waals surface area contributed by atoms with Crippen molar-refractivity contribution in [2.24, 2.45) is 5.92 Å². The van der Waals surface area contributed by atoms with Crippen LogP contribution in [0.4, 0.5) is 4.79 Å². The van der Waals surface area contributed by atoms with Gasteiger partial charge in [0.15, 0.2) is 0 Å². The van der Waals surface area contributed by atoms with Crippen LogP contribution in [-0.4, -0.2) is 59.5 Å². The molecule has 0 spiro atoms. The molecule has 1 fully saturated rings.